The Morgan fingerprint density at radius 1 is 0.478 bits per heavy atom. The quantitative estimate of drug-likeness (QED) is 0.200. The predicted octanol–water partition coefficient (Wildman–Crippen LogP) is 4.66. The molecule has 0 aliphatic carbocycles. The van der Waals surface area contributed by atoms with E-state index in [1.54, 1.807) is 14.2 Å². The van der Waals surface area contributed by atoms with Gasteiger partial charge in [-0.05, 0) is 37.1 Å². The number of aromatic nitrogens is 2. The van der Waals surface area contributed by atoms with Crippen molar-refractivity contribution in [3.05, 3.63) is 145 Å². The first kappa shape index (κ1) is 31.5. The Labute approximate surface area is 271 Å². The van der Waals surface area contributed by atoms with Gasteiger partial charge in [0, 0.05) is 33.9 Å². The normalized spacial score (nSPS) is 11.2. The highest BCUT2D eigenvalue weighted by Crippen LogP contribution is 2.44. The molecule has 2 heterocycles. The van der Waals surface area contributed by atoms with E-state index in [0.29, 0.717) is 23.1 Å². The summed E-state index contributed by atoms with van der Waals surface area (Å²) in [4.78, 5) is 9.57. The molecule has 230 valence electrons. The molecule has 0 aliphatic heterocycles. The van der Waals surface area contributed by atoms with Crippen molar-refractivity contribution >= 4 is 47.7 Å². The summed E-state index contributed by atoms with van der Waals surface area (Å²) in [5, 5.41) is 28.3. The minimum absolute atomic E-state index is 0.336. The van der Waals surface area contributed by atoms with Gasteiger partial charge >= 0.3 is 0 Å². The van der Waals surface area contributed by atoms with Gasteiger partial charge < -0.3 is 19.7 Å². The van der Waals surface area contributed by atoms with Crippen molar-refractivity contribution in [3.8, 4) is 22.9 Å². The van der Waals surface area contributed by atoms with E-state index in [-0.39, 0.29) is 13.2 Å². The molecule has 8 heteroatoms. The topological polar surface area (TPSA) is 84.7 Å². The van der Waals surface area contributed by atoms with Gasteiger partial charge in [-0.15, -0.1) is 0 Å². The fraction of sp³-hybridized carbons (Fsp3) is 0.105. The zero-order chi connectivity index (χ0) is 31.9. The third-order valence-electron chi connectivity index (χ3n) is 7.61. The molecule has 4 aromatic carbocycles. The second kappa shape index (κ2) is 14.8. The van der Waals surface area contributed by atoms with Gasteiger partial charge in [-0.1, -0.05) is 121 Å². The van der Waals surface area contributed by atoms with E-state index in [0.717, 1.165) is 43.0 Å². The van der Waals surface area contributed by atoms with Gasteiger partial charge in [-0.25, -0.2) is 9.97 Å². The van der Waals surface area contributed by atoms with Crippen molar-refractivity contribution < 1.29 is 19.7 Å². The van der Waals surface area contributed by atoms with Crippen molar-refractivity contribution in [1.82, 2.24) is 9.97 Å². The molecule has 0 spiro atoms. The van der Waals surface area contributed by atoms with E-state index in [1.807, 2.05) is 84.9 Å². The minimum atomic E-state index is -1.17. The van der Waals surface area contributed by atoms with Crippen LogP contribution in [0.1, 0.15) is 11.4 Å². The molecular formula is C38H34N2O4P2. The Bertz CT molecular complexity index is 1670. The summed E-state index contributed by atoms with van der Waals surface area (Å²) in [5.74, 6) is 0.813. The lowest BCUT2D eigenvalue weighted by Gasteiger charge is -2.29. The molecule has 0 fully saturated rings. The second-order valence-corrected chi connectivity index (χ2v) is 14.7. The minimum Gasteiger partial charge on any atom is -0.481 e. The highest BCUT2D eigenvalue weighted by molar-refractivity contribution is 7.80. The maximum Gasteiger partial charge on any atom is 0.213 e. The Morgan fingerprint density at radius 3 is 1.00 bits per heavy atom. The molecule has 0 saturated heterocycles. The molecule has 46 heavy (non-hydrogen) atoms. The monoisotopic (exact) mass is 644 g/mol. The van der Waals surface area contributed by atoms with E-state index in [1.165, 1.54) is 0 Å². The van der Waals surface area contributed by atoms with Crippen LogP contribution < -0.4 is 41.3 Å². The van der Waals surface area contributed by atoms with Gasteiger partial charge in [0.05, 0.1) is 38.8 Å². The zero-order valence-corrected chi connectivity index (χ0v) is 27.4. The summed E-state index contributed by atoms with van der Waals surface area (Å²) in [5.41, 5.74) is 2.40. The van der Waals surface area contributed by atoms with Gasteiger partial charge in [0.2, 0.25) is 11.8 Å². The SMILES string of the molecule is COc1cc(P(c2ccccc2)c2ccccc2)c(-c2c(P(c3ccccc3)c3ccccc3)cc(OC)nc2CO)c(CO)n1. The van der Waals surface area contributed by atoms with E-state index in [4.69, 9.17) is 19.4 Å². The van der Waals surface area contributed by atoms with Crippen LogP contribution in [0, 0.1) is 0 Å². The fourth-order valence-electron chi connectivity index (χ4n) is 5.61. The summed E-state index contributed by atoms with van der Waals surface area (Å²) in [6, 6.07) is 45.4. The van der Waals surface area contributed by atoms with Crippen molar-refractivity contribution in [2.45, 2.75) is 13.2 Å². The molecule has 6 nitrogen and oxygen atoms in total. The van der Waals surface area contributed by atoms with Gasteiger partial charge in [0.25, 0.3) is 0 Å². The van der Waals surface area contributed by atoms with Crippen LogP contribution in [0.2, 0.25) is 0 Å². The largest absolute Gasteiger partial charge is 0.481 e. The van der Waals surface area contributed by atoms with Crippen LogP contribution in [0.3, 0.4) is 0 Å². The lowest BCUT2D eigenvalue weighted by atomic mass is 10.0. The first-order chi connectivity index (χ1) is 22.7. The Kier molecular flexibility index (Phi) is 10.1. The molecule has 0 saturated carbocycles. The van der Waals surface area contributed by atoms with E-state index < -0.39 is 15.8 Å². The molecule has 0 bridgehead atoms. The number of benzene rings is 4. The molecule has 6 rings (SSSR count). The van der Waals surface area contributed by atoms with Gasteiger partial charge in [0.1, 0.15) is 0 Å². The fourth-order valence-corrected chi connectivity index (χ4v) is 10.6. The highest BCUT2D eigenvalue weighted by Gasteiger charge is 2.31. The Morgan fingerprint density at radius 2 is 0.761 bits per heavy atom. The molecule has 2 N–H and O–H groups in total. The number of rotatable bonds is 11. The average Bonchev–Trinajstić information content (AvgIpc) is 3.13. The molecule has 0 radical (unpaired) electrons. The van der Waals surface area contributed by atoms with Crippen molar-refractivity contribution in [2.24, 2.45) is 0 Å². The molecule has 0 atom stereocenters. The number of pyridine rings is 2. The van der Waals surface area contributed by atoms with Crippen LogP contribution >= 0.6 is 15.8 Å². The lowest BCUT2D eigenvalue weighted by Crippen LogP contribution is -2.28. The van der Waals surface area contributed by atoms with Crippen molar-refractivity contribution in [1.29, 1.82) is 0 Å². The zero-order valence-electron chi connectivity index (χ0n) is 25.6. The summed E-state index contributed by atoms with van der Waals surface area (Å²) in [6.45, 7) is -0.672. The standard InChI is InChI=1S/C38H34N2O4P2/c1-43-35-23-33(45(27-15-7-3-8-16-27)28-17-9-4-10-18-28)37(31(25-41)39-35)38-32(26-42)40-36(44-2)24-34(38)46(29-19-11-5-12-20-29)30-21-13-6-14-22-30/h3-24,41-42H,25-26H2,1-2H3. The third kappa shape index (κ3) is 6.44. The van der Waals surface area contributed by atoms with Gasteiger partial charge in [-0.2, -0.15) is 0 Å². The highest BCUT2D eigenvalue weighted by atomic mass is 31.1. The number of hydrogen-bond acceptors (Lipinski definition) is 6. The smallest absolute Gasteiger partial charge is 0.213 e. The molecule has 2 aromatic heterocycles. The Balaban J connectivity index is 1.76. The summed E-state index contributed by atoms with van der Waals surface area (Å²) >= 11 is 0. The summed E-state index contributed by atoms with van der Waals surface area (Å²) < 4.78 is 11.5. The average molecular weight is 645 g/mol. The first-order valence-electron chi connectivity index (χ1n) is 14.8. The maximum absolute atomic E-state index is 11.0. The van der Waals surface area contributed by atoms with Crippen LogP contribution in [0.15, 0.2) is 133 Å². The van der Waals surface area contributed by atoms with Crippen LogP contribution in [0.25, 0.3) is 11.1 Å². The Hall–Kier alpha value is -4.44. The summed E-state index contributed by atoms with van der Waals surface area (Å²) in [7, 11) is 0.839. The van der Waals surface area contributed by atoms with Crippen molar-refractivity contribution in [3.63, 3.8) is 0 Å². The number of methoxy groups -OCH3 is 2. The van der Waals surface area contributed by atoms with Crippen LogP contribution in [0.4, 0.5) is 0 Å². The van der Waals surface area contributed by atoms with Crippen LogP contribution in [-0.2, 0) is 13.2 Å². The third-order valence-corrected chi connectivity index (χ3v) is 12.5. The maximum atomic E-state index is 11.0. The number of nitrogens with zero attached hydrogens (tertiary/aromatic N) is 2. The van der Waals surface area contributed by atoms with Crippen LogP contribution in [0.5, 0.6) is 11.8 Å². The number of ether oxygens (including phenoxy) is 2. The van der Waals surface area contributed by atoms with Crippen molar-refractivity contribution in [2.75, 3.05) is 14.2 Å². The summed E-state index contributed by atoms with van der Waals surface area (Å²) in [6.07, 6.45) is 0. The molecule has 0 unspecified atom stereocenters. The van der Waals surface area contributed by atoms with Gasteiger partial charge in [-0.3, -0.25) is 0 Å². The van der Waals surface area contributed by atoms with Crippen LogP contribution in [-0.4, -0.2) is 34.4 Å². The molecular weight excluding hydrogens is 610 g/mol. The van der Waals surface area contributed by atoms with E-state index in [9.17, 15) is 10.2 Å². The number of hydrogen-bond donors (Lipinski definition) is 2. The predicted molar refractivity (Wildman–Crippen MR) is 190 cm³/mol. The first-order valence-corrected chi connectivity index (χ1v) is 17.5. The second-order valence-electron chi connectivity index (χ2n) is 10.3. The number of aliphatic hydroxyl groups is 2. The van der Waals surface area contributed by atoms with E-state index >= 15 is 0 Å². The number of aliphatic hydroxyl groups excluding tert-OH is 2. The molecule has 6 aromatic rings. The van der Waals surface area contributed by atoms with E-state index in [2.05, 4.69) is 48.5 Å². The molecule has 0 amide bonds. The molecule has 0 aliphatic rings. The lowest BCUT2D eigenvalue weighted by molar-refractivity contribution is 0.273. The van der Waals surface area contributed by atoms with Gasteiger partial charge in [0.15, 0.2) is 0 Å².